The first-order valence-corrected chi connectivity index (χ1v) is 6.31. The summed E-state index contributed by atoms with van der Waals surface area (Å²) in [6, 6.07) is 0. The highest BCUT2D eigenvalue weighted by Gasteiger charge is 2.26. The summed E-state index contributed by atoms with van der Waals surface area (Å²) in [4.78, 5) is 13.6. The van der Waals surface area contributed by atoms with Crippen LogP contribution in [0.25, 0.3) is 11.2 Å². The Bertz CT molecular complexity index is 582. The molecule has 98 valence electrons. The molecule has 4 nitrogen and oxygen atoms in total. The fourth-order valence-corrected chi connectivity index (χ4v) is 2.22. The van der Waals surface area contributed by atoms with Gasteiger partial charge in [0.25, 0.3) is 0 Å². The van der Waals surface area contributed by atoms with Gasteiger partial charge in [0.05, 0.1) is 5.69 Å². The number of aryl methyl sites for hydroxylation is 1. The predicted molar refractivity (Wildman–Crippen MR) is 73.7 cm³/mol. The molecule has 0 spiro atoms. The Morgan fingerprint density at radius 1 is 0.944 bits per heavy atom. The lowest BCUT2D eigenvalue weighted by Crippen LogP contribution is -2.17. The summed E-state index contributed by atoms with van der Waals surface area (Å²) < 4.78 is 2.08. The molecule has 0 N–H and O–H groups in total. The first kappa shape index (κ1) is 13.0. The van der Waals surface area contributed by atoms with Gasteiger partial charge in [-0.1, -0.05) is 41.5 Å². The normalized spacial score (nSPS) is 13.3. The molecule has 0 saturated carbocycles. The summed E-state index contributed by atoms with van der Waals surface area (Å²) in [6.07, 6.45) is 1.64. The van der Waals surface area contributed by atoms with Crippen LogP contribution in [0, 0.1) is 0 Å². The van der Waals surface area contributed by atoms with Gasteiger partial charge in [-0.2, -0.15) is 0 Å². The largest absolute Gasteiger partial charge is 0.315 e. The van der Waals surface area contributed by atoms with Gasteiger partial charge in [0, 0.05) is 17.9 Å². The molecule has 0 fully saturated rings. The van der Waals surface area contributed by atoms with Gasteiger partial charge in [-0.25, -0.2) is 15.0 Å². The van der Waals surface area contributed by atoms with E-state index in [1.54, 1.807) is 6.33 Å². The SMILES string of the molecule is Cn1c(C(C)(C)C)nc2c(C(C)(C)C)ncnc21. The molecule has 0 saturated heterocycles. The zero-order chi connectivity index (χ0) is 13.7. The van der Waals surface area contributed by atoms with Crippen LogP contribution in [-0.4, -0.2) is 19.5 Å². The number of hydrogen-bond donors (Lipinski definition) is 0. The van der Waals surface area contributed by atoms with E-state index in [1.807, 2.05) is 7.05 Å². The van der Waals surface area contributed by atoms with E-state index in [1.165, 1.54) is 0 Å². The van der Waals surface area contributed by atoms with Crippen molar-refractivity contribution in [3.8, 4) is 0 Å². The number of rotatable bonds is 0. The minimum atomic E-state index is -0.0231. The zero-order valence-electron chi connectivity index (χ0n) is 12.4. The van der Waals surface area contributed by atoms with E-state index in [4.69, 9.17) is 4.98 Å². The third-order valence-electron chi connectivity index (χ3n) is 3.04. The highest BCUT2D eigenvalue weighted by molar-refractivity contribution is 5.75. The van der Waals surface area contributed by atoms with Crippen molar-refractivity contribution in [2.75, 3.05) is 0 Å². The molecule has 0 radical (unpaired) electrons. The Balaban J connectivity index is 2.81. The van der Waals surface area contributed by atoms with Gasteiger partial charge in [-0.05, 0) is 0 Å². The quantitative estimate of drug-likeness (QED) is 0.717. The van der Waals surface area contributed by atoms with Crippen molar-refractivity contribution < 1.29 is 0 Å². The molecule has 0 aliphatic carbocycles. The molecule has 0 aliphatic heterocycles. The summed E-state index contributed by atoms with van der Waals surface area (Å²) >= 11 is 0. The van der Waals surface area contributed by atoms with E-state index < -0.39 is 0 Å². The van der Waals surface area contributed by atoms with Crippen LogP contribution in [0.3, 0.4) is 0 Å². The van der Waals surface area contributed by atoms with Crippen LogP contribution in [0.15, 0.2) is 6.33 Å². The average Bonchev–Trinajstić information content (AvgIpc) is 2.54. The van der Waals surface area contributed by atoms with Crippen LogP contribution in [0.5, 0.6) is 0 Å². The first-order valence-electron chi connectivity index (χ1n) is 6.31. The minimum Gasteiger partial charge on any atom is -0.315 e. The van der Waals surface area contributed by atoms with E-state index in [0.29, 0.717) is 0 Å². The van der Waals surface area contributed by atoms with Crippen molar-refractivity contribution in [2.24, 2.45) is 7.05 Å². The second-order valence-electron chi connectivity index (χ2n) is 6.89. The van der Waals surface area contributed by atoms with Crippen LogP contribution >= 0.6 is 0 Å². The Labute approximate surface area is 108 Å². The first-order chi connectivity index (χ1) is 8.12. The zero-order valence-corrected chi connectivity index (χ0v) is 12.4. The number of hydrogen-bond acceptors (Lipinski definition) is 3. The number of imidazole rings is 1. The average molecular weight is 246 g/mol. The second-order valence-corrected chi connectivity index (χ2v) is 6.89. The van der Waals surface area contributed by atoms with Crippen molar-refractivity contribution in [3.05, 3.63) is 17.8 Å². The van der Waals surface area contributed by atoms with Gasteiger partial charge in [-0.15, -0.1) is 0 Å². The molecule has 2 rings (SSSR count). The molecule has 2 heterocycles. The summed E-state index contributed by atoms with van der Waals surface area (Å²) in [5, 5.41) is 0. The van der Waals surface area contributed by atoms with E-state index in [9.17, 15) is 0 Å². The summed E-state index contributed by atoms with van der Waals surface area (Å²) in [5.74, 6) is 1.04. The maximum absolute atomic E-state index is 4.79. The van der Waals surface area contributed by atoms with Crippen molar-refractivity contribution >= 4 is 11.2 Å². The second kappa shape index (κ2) is 3.77. The van der Waals surface area contributed by atoms with Gasteiger partial charge < -0.3 is 4.57 Å². The van der Waals surface area contributed by atoms with Gasteiger partial charge in [-0.3, -0.25) is 0 Å². The predicted octanol–water partition coefficient (Wildman–Crippen LogP) is 2.96. The fourth-order valence-electron chi connectivity index (χ4n) is 2.22. The Kier molecular flexibility index (Phi) is 2.72. The Morgan fingerprint density at radius 3 is 2.06 bits per heavy atom. The van der Waals surface area contributed by atoms with Crippen LogP contribution in [0.4, 0.5) is 0 Å². The fraction of sp³-hybridized carbons (Fsp3) is 0.643. The summed E-state index contributed by atoms with van der Waals surface area (Å²) in [7, 11) is 2.02. The molecule has 0 atom stereocenters. The summed E-state index contributed by atoms with van der Waals surface area (Å²) in [5.41, 5.74) is 2.84. The standard InChI is InChI=1S/C14H22N4/c1-13(2,3)10-9-11(16-8-15-10)18(7)12(17-9)14(4,5)6/h8H,1-7H3. The van der Waals surface area contributed by atoms with Gasteiger partial charge in [0.1, 0.15) is 17.7 Å². The highest BCUT2D eigenvalue weighted by Crippen LogP contribution is 2.29. The molecule has 18 heavy (non-hydrogen) atoms. The van der Waals surface area contributed by atoms with Crippen LogP contribution < -0.4 is 0 Å². The molecule has 4 heteroatoms. The van der Waals surface area contributed by atoms with Crippen LogP contribution in [0.1, 0.15) is 53.1 Å². The smallest absolute Gasteiger partial charge is 0.163 e. The lowest BCUT2D eigenvalue weighted by Gasteiger charge is -2.17. The summed E-state index contributed by atoms with van der Waals surface area (Å²) in [6.45, 7) is 13.0. The number of fused-ring (bicyclic) bond motifs is 1. The van der Waals surface area contributed by atoms with Gasteiger partial charge in [0.2, 0.25) is 0 Å². The van der Waals surface area contributed by atoms with Crippen molar-refractivity contribution in [2.45, 2.75) is 52.4 Å². The van der Waals surface area contributed by atoms with E-state index in [0.717, 1.165) is 22.7 Å². The molecule has 0 aliphatic rings. The molecule has 0 aromatic carbocycles. The molecular formula is C14H22N4. The third kappa shape index (κ3) is 2.00. The third-order valence-corrected chi connectivity index (χ3v) is 3.04. The van der Waals surface area contributed by atoms with Gasteiger partial charge in [0.15, 0.2) is 5.65 Å². The molecule has 2 aromatic rings. The maximum atomic E-state index is 4.79. The minimum absolute atomic E-state index is 0.00457. The lowest BCUT2D eigenvalue weighted by atomic mass is 9.91. The van der Waals surface area contributed by atoms with Crippen LogP contribution in [0.2, 0.25) is 0 Å². The van der Waals surface area contributed by atoms with Crippen molar-refractivity contribution in [3.63, 3.8) is 0 Å². The van der Waals surface area contributed by atoms with Crippen LogP contribution in [-0.2, 0) is 17.9 Å². The molecule has 0 bridgehead atoms. The topological polar surface area (TPSA) is 43.6 Å². The molecule has 2 aromatic heterocycles. The highest BCUT2D eigenvalue weighted by atomic mass is 15.1. The number of nitrogens with zero attached hydrogens (tertiary/aromatic N) is 4. The molecule has 0 amide bonds. The monoisotopic (exact) mass is 246 g/mol. The molecular weight excluding hydrogens is 224 g/mol. The van der Waals surface area contributed by atoms with E-state index in [-0.39, 0.29) is 10.8 Å². The van der Waals surface area contributed by atoms with Gasteiger partial charge >= 0.3 is 0 Å². The van der Waals surface area contributed by atoms with E-state index >= 15 is 0 Å². The van der Waals surface area contributed by atoms with Crippen molar-refractivity contribution in [1.29, 1.82) is 0 Å². The maximum Gasteiger partial charge on any atom is 0.163 e. The van der Waals surface area contributed by atoms with E-state index in [2.05, 4.69) is 56.1 Å². The Morgan fingerprint density at radius 2 is 1.56 bits per heavy atom. The lowest BCUT2D eigenvalue weighted by molar-refractivity contribution is 0.525. The Hall–Kier alpha value is -1.45. The molecule has 0 unspecified atom stereocenters. The van der Waals surface area contributed by atoms with Crippen molar-refractivity contribution in [1.82, 2.24) is 19.5 Å². The number of aromatic nitrogens is 4.